The van der Waals surface area contributed by atoms with Crippen LogP contribution in [0.2, 0.25) is 0 Å². The van der Waals surface area contributed by atoms with Crippen LogP contribution in [0.5, 0.6) is 5.75 Å². The number of oxime groups is 1. The maximum atomic E-state index is 9.00. The zero-order chi connectivity index (χ0) is 8.27. The molecular formula is C8H9NO2. The third-order valence-electron chi connectivity index (χ3n) is 1.45. The van der Waals surface area contributed by atoms with Crippen molar-refractivity contribution >= 4 is 6.21 Å². The molecule has 0 heterocycles. The molecule has 0 radical (unpaired) electrons. The number of hydrogen-bond acceptors (Lipinski definition) is 3. The zero-order valence-corrected chi connectivity index (χ0v) is 6.15. The summed E-state index contributed by atoms with van der Waals surface area (Å²) in [6.07, 6.45) is 1.33. The highest BCUT2D eigenvalue weighted by molar-refractivity contribution is 5.81. The lowest BCUT2D eigenvalue weighted by atomic mass is 10.1. The summed E-state index contributed by atoms with van der Waals surface area (Å²) < 4.78 is 0. The van der Waals surface area contributed by atoms with Gasteiger partial charge in [0.1, 0.15) is 5.75 Å². The van der Waals surface area contributed by atoms with Gasteiger partial charge in [-0.3, -0.25) is 0 Å². The molecule has 0 aliphatic rings. The summed E-state index contributed by atoms with van der Waals surface area (Å²) in [4.78, 5) is 0. The Morgan fingerprint density at radius 3 is 2.73 bits per heavy atom. The Bertz CT molecular complexity index is 281. The van der Waals surface area contributed by atoms with Gasteiger partial charge in [0.25, 0.3) is 0 Å². The fraction of sp³-hybridized carbons (Fsp3) is 0.125. The predicted octanol–water partition coefficient (Wildman–Crippen LogP) is 1.51. The van der Waals surface area contributed by atoms with Crippen molar-refractivity contribution < 1.29 is 10.3 Å². The molecule has 1 aromatic rings. The van der Waals surface area contributed by atoms with E-state index in [-0.39, 0.29) is 5.75 Å². The van der Waals surface area contributed by atoms with Crippen molar-refractivity contribution in [1.29, 1.82) is 0 Å². The molecule has 0 amide bonds. The Hall–Kier alpha value is -1.51. The Morgan fingerprint density at radius 1 is 1.45 bits per heavy atom. The van der Waals surface area contributed by atoms with Gasteiger partial charge in [0.05, 0.1) is 6.21 Å². The molecule has 0 saturated carbocycles. The molecule has 0 unspecified atom stereocenters. The third kappa shape index (κ3) is 1.70. The number of rotatable bonds is 1. The molecule has 3 nitrogen and oxygen atoms in total. The fourth-order valence-corrected chi connectivity index (χ4v) is 0.867. The van der Waals surface area contributed by atoms with Crippen molar-refractivity contribution in [3.63, 3.8) is 0 Å². The van der Waals surface area contributed by atoms with Crippen LogP contribution in [0.15, 0.2) is 23.4 Å². The average molecular weight is 151 g/mol. The van der Waals surface area contributed by atoms with Gasteiger partial charge in [0.15, 0.2) is 0 Å². The number of benzene rings is 1. The van der Waals surface area contributed by atoms with Gasteiger partial charge in [-0.15, -0.1) is 0 Å². The first-order chi connectivity index (χ1) is 5.24. The summed E-state index contributed by atoms with van der Waals surface area (Å²) in [5.41, 5.74) is 1.67. The molecule has 0 spiro atoms. The molecule has 0 fully saturated rings. The van der Waals surface area contributed by atoms with Crippen LogP contribution in [0.1, 0.15) is 11.1 Å². The highest BCUT2D eigenvalue weighted by atomic mass is 16.4. The monoisotopic (exact) mass is 151 g/mol. The molecule has 1 aromatic carbocycles. The number of hydrogen-bond donors (Lipinski definition) is 2. The highest BCUT2D eigenvalue weighted by Gasteiger charge is 1.95. The van der Waals surface area contributed by atoms with E-state index in [0.717, 1.165) is 11.1 Å². The minimum absolute atomic E-state index is 0.220. The molecule has 0 aromatic heterocycles. The van der Waals surface area contributed by atoms with E-state index in [1.54, 1.807) is 18.2 Å². The number of phenolic OH excluding ortho intramolecular Hbond substituents is 1. The summed E-state index contributed by atoms with van der Waals surface area (Å²) in [5.74, 6) is 0.220. The lowest BCUT2D eigenvalue weighted by molar-refractivity contribution is 0.322. The van der Waals surface area contributed by atoms with E-state index in [0.29, 0.717) is 0 Å². The normalized spacial score (nSPS) is 10.6. The number of aryl methyl sites for hydroxylation is 1. The maximum Gasteiger partial charge on any atom is 0.115 e. The fourth-order valence-electron chi connectivity index (χ4n) is 0.867. The summed E-state index contributed by atoms with van der Waals surface area (Å²) in [5, 5.41) is 20.1. The molecule has 0 saturated heterocycles. The van der Waals surface area contributed by atoms with Crippen LogP contribution in [-0.2, 0) is 0 Å². The van der Waals surface area contributed by atoms with Crippen molar-refractivity contribution in [1.82, 2.24) is 0 Å². The van der Waals surface area contributed by atoms with Crippen molar-refractivity contribution in [2.75, 3.05) is 0 Å². The van der Waals surface area contributed by atoms with Crippen LogP contribution in [0.25, 0.3) is 0 Å². The molecule has 0 bridgehead atoms. The second-order valence-corrected chi connectivity index (χ2v) is 2.29. The minimum atomic E-state index is 0.220. The second-order valence-electron chi connectivity index (χ2n) is 2.29. The molecule has 2 N–H and O–H groups in total. The van der Waals surface area contributed by atoms with Crippen molar-refractivity contribution in [3.05, 3.63) is 29.3 Å². The van der Waals surface area contributed by atoms with Crippen LogP contribution in [-0.4, -0.2) is 16.5 Å². The van der Waals surface area contributed by atoms with Crippen LogP contribution < -0.4 is 0 Å². The molecule has 0 atom stereocenters. The SMILES string of the molecule is Cc1cc(O)ccc1C=NO. The van der Waals surface area contributed by atoms with Crippen molar-refractivity contribution in [3.8, 4) is 5.75 Å². The van der Waals surface area contributed by atoms with Gasteiger partial charge in [0, 0.05) is 0 Å². The Labute approximate surface area is 64.6 Å². The highest BCUT2D eigenvalue weighted by Crippen LogP contribution is 2.13. The number of aromatic hydroxyl groups is 1. The van der Waals surface area contributed by atoms with E-state index in [2.05, 4.69) is 5.16 Å². The average Bonchev–Trinajstić information content (AvgIpc) is 1.95. The second kappa shape index (κ2) is 3.05. The first kappa shape index (κ1) is 7.60. The Morgan fingerprint density at radius 2 is 2.18 bits per heavy atom. The number of nitrogens with zero attached hydrogens (tertiary/aromatic N) is 1. The van der Waals surface area contributed by atoms with Crippen LogP contribution in [0.3, 0.4) is 0 Å². The van der Waals surface area contributed by atoms with E-state index in [4.69, 9.17) is 10.3 Å². The topological polar surface area (TPSA) is 52.8 Å². The summed E-state index contributed by atoms with van der Waals surface area (Å²) in [6, 6.07) is 4.84. The smallest absolute Gasteiger partial charge is 0.115 e. The molecule has 0 aliphatic heterocycles. The third-order valence-corrected chi connectivity index (χ3v) is 1.45. The lowest BCUT2D eigenvalue weighted by Gasteiger charge is -1.98. The van der Waals surface area contributed by atoms with Gasteiger partial charge < -0.3 is 10.3 Å². The van der Waals surface area contributed by atoms with Gasteiger partial charge in [-0.05, 0) is 36.2 Å². The molecule has 58 valence electrons. The number of phenols is 1. The molecule has 0 aliphatic carbocycles. The molecule has 3 heteroatoms. The summed E-state index contributed by atoms with van der Waals surface area (Å²) >= 11 is 0. The van der Waals surface area contributed by atoms with Gasteiger partial charge in [-0.2, -0.15) is 0 Å². The van der Waals surface area contributed by atoms with Crippen LogP contribution >= 0.6 is 0 Å². The van der Waals surface area contributed by atoms with Crippen LogP contribution in [0, 0.1) is 6.92 Å². The largest absolute Gasteiger partial charge is 0.508 e. The minimum Gasteiger partial charge on any atom is -0.508 e. The standard InChI is InChI=1S/C8H9NO2/c1-6-4-8(10)3-2-7(6)5-9-11/h2-5,10-11H,1H3. The predicted molar refractivity (Wildman–Crippen MR) is 42.2 cm³/mol. The lowest BCUT2D eigenvalue weighted by Crippen LogP contribution is -1.85. The Balaban J connectivity index is 3.09. The van der Waals surface area contributed by atoms with E-state index in [1.165, 1.54) is 6.21 Å². The van der Waals surface area contributed by atoms with E-state index >= 15 is 0 Å². The van der Waals surface area contributed by atoms with Crippen molar-refractivity contribution in [2.24, 2.45) is 5.16 Å². The van der Waals surface area contributed by atoms with E-state index in [1.807, 2.05) is 6.92 Å². The van der Waals surface area contributed by atoms with Gasteiger partial charge in [0.2, 0.25) is 0 Å². The molecular weight excluding hydrogens is 142 g/mol. The van der Waals surface area contributed by atoms with Crippen molar-refractivity contribution in [2.45, 2.75) is 6.92 Å². The first-order valence-electron chi connectivity index (χ1n) is 3.21. The summed E-state index contributed by atoms with van der Waals surface area (Å²) in [6.45, 7) is 1.83. The quantitative estimate of drug-likeness (QED) is 0.363. The van der Waals surface area contributed by atoms with Gasteiger partial charge in [-0.1, -0.05) is 5.16 Å². The van der Waals surface area contributed by atoms with Crippen LogP contribution in [0.4, 0.5) is 0 Å². The van der Waals surface area contributed by atoms with E-state index < -0.39 is 0 Å². The van der Waals surface area contributed by atoms with Gasteiger partial charge in [-0.25, -0.2) is 0 Å². The Kier molecular flexibility index (Phi) is 2.11. The maximum absolute atomic E-state index is 9.00. The van der Waals surface area contributed by atoms with E-state index in [9.17, 15) is 0 Å². The molecule has 1 rings (SSSR count). The summed E-state index contributed by atoms with van der Waals surface area (Å²) in [7, 11) is 0. The van der Waals surface area contributed by atoms with Gasteiger partial charge >= 0.3 is 0 Å². The first-order valence-corrected chi connectivity index (χ1v) is 3.21. The molecule has 11 heavy (non-hydrogen) atoms. The zero-order valence-electron chi connectivity index (χ0n) is 6.15.